The molecular formula is C19H17FN2O3. The third kappa shape index (κ3) is 3.28. The smallest absolute Gasteiger partial charge is 0.261 e. The number of hydrogen-bond donors (Lipinski definition) is 1. The van der Waals surface area contributed by atoms with E-state index in [9.17, 15) is 18.8 Å². The molecule has 0 aromatic heterocycles. The van der Waals surface area contributed by atoms with E-state index in [0.717, 1.165) is 16.0 Å². The molecule has 1 aliphatic rings. The molecule has 1 aliphatic heterocycles. The van der Waals surface area contributed by atoms with Crippen LogP contribution < -0.4 is 5.32 Å². The van der Waals surface area contributed by atoms with Crippen LogP contribution in [0.25, 0.3) is 0 Å². The summed E-state index contributed by atoms with van der Waals surface area (Å²) in [6, 6.07) is 9.45. The third-order valence-corrected chi connectivity index (χ3v) is 4.08. The molecule has 0 atom stereocenters. The fourth-order valence-corrected chi connectivity index (χ4v) is 2.77. The standard InChI is InChI=1S/C19H17FN2O3/c1-11-3-5-13-14(9-11)19(25)22(18(13)24)8-7-17(23)21-16-10-12(2)4-6-15(16)20/h3-6,9-10H,7-8H2,1-2H3,(H,21,23). The predicted octanol–water partition coefficient (Wildman–Crippen LogP) is 3.07. The Morgan fingerprint density at radius 3 is 2.40 bits per heavy atom. The zero-order chi connectivity index (χ0) is 18.1. The maximum atomic E-state index is 13.7. The first-order chi connectivity index (χ1) is 11.9. The normalized spacial score (nSPS) is 13.2. The molecule has 0 radical (unpaired) electrons. The van der Waals surface area contributed by atoms with Crippen molar-refractivity contribution in [2.75, 3.05) is 11.9 Å². The Hall–Kier alpha value is -3.02. The van der Waals surface area contributed by atoms with Crippen molar-refractivity contribution in [3.63, 3.8) is 0 Å². The topological polar surface area (TPSA) is 66.5 Å². The Morgan fingerprint density at radius 2 is 1.64 bits per heavy atom. The molecule has 0 fully saturated rings. The molecule has 1 N–H and O–H groups in total. The second-order valence-electron chi connectivity index (χ2n) is 6.09. The molecule has 1 heterocycles. The summed E-state index contributed by atoms with van der Waals surface area (Å²) in [7, 11) is 0. The van der Waals surface area contributed by atoms with Crippen molar-refractivity contribution in [2.24, 2.45) is 0 Å². The molecule has 3 rings (SSSR count). The average Bonchev–Trinajstić information content (AvgIpc) is 2.80. The summed E-state index contributed by atoms with van der Waals surface area (Å²) >= 11 is 0. The lowest BCUT2D eigenvalue weighted by molar-refractivity contribution is -0.116. The van der Waals surface area contributed by atoms with Gasteiger partial charge in [-0.3, -0.25) is 19.3 Å². The minimum atomic E-state index is -0.532. The minimum Gasteiger partial charge on any atom is -0.324 e. The van der Waals surface area contributed by atoms with Crippen LogP contribution in [0.5, 0.6) is 0 Å². The van der Waals surface area contributed by atoms with Crippen molar-refractivity contribution in [2.45, 2.75) is 20.3 Å². The van der Waals surface area contributed by atoms with E-state index < -0.39 is 23.5 Å². The van der Waals surface area contributed by atoms with Crippen molar-refractivity contribution < 1.29 is 18.8 Å². The van der Waals surface area contributed by atoms with E-state index in [-0.39, 0.29) is 18.7 Å². The van der Waals surface area contributed by atoms with Crippen molar-refractivity contribution in [3.05, 3.63) is 64.5 Å². The van der Waals surface area contributed by atoms with Crippen LogP contribution in [-0.4, -0.2) is 29.2 Å². The highest BCUT2D eigenvalue weighted by Gasteiger charge is 2.35. The van der Waals surface area contributed by atoms with Crippen LogP contribution in [0.2, 0.25) is 0 Å². The van der Waals surface area contributed by atoms with Crippen molar-refractivity contribution in [1.29, 1.82) is 0 Å². The van der Waals surface area contributed by atoms with Gasteiger partial charge < -0.3 is 5.32 Å². The highest BCUT2D eigenvalue weighted by atomic mass is 19.1. The number of carbonyl (C=O) groups is 3. The second kappa shape index (κ2) is 6.47. The quantitative estimate of drug-likeness (QED) is 0.870. The van der Waals surface area contributed by atoms with E-state index in [4.69, 9.17) is 0 Å². The summed E-state index contributed by atoms with van der Waals surface area (Å²) in [4.78, 5) is 37.7. The number of halogens is 1. The van der Waals surface area contributed by atoms with Crippen LogP contribution in [0.1, 0.15) is 38.3 Å². The third-order valence-electron chi connectivity index (χ3n) is 4.08. The number of carbonyl (C=O) groups excluding carboxylic acids is 3. The van der Waals surface area contributed by atoms with Gasteiger partial charge in [0, 0.05) is 13.0 Å². The van der Waals surface area contributed by atoms with Gasteiger partial charge in [-0.15, -0.1) is 0 Å². The van der Waals surface area contributed by atoms with Crippen LogP contribution in [-0.2, 0) is 4.79 Å². The minimum absolute atomic E-state index is 0.0509. The zero-order valence-corrected chi connectivity index (χ0v) is 13.9. The van der Waals surface area contributed by atoms with Crippen LogP contribution >= 0.6 is 0 Å². The number of nitrogens with zero attached hydrogens (tertiary/aromatic N) is 1. The number of amides is 3. The lowest BCUT2D eigenvalue weighted by Crippen LogP contribution is -2.33. The summed E-state index contributed by atoms with van der Waals surface area (Å²) in [5.41, 5.74) is 2.49. The van der Waals surface area contributed by atoms with E-state index in [2.05, 4.69) is 5.32 Å². The van der Waals surface area contributed by atoms with E-state index in [1.54, 1.807) is 31.2 Å². The van der Waals surface area contributed by atoms with Crippen LogP contribution in [0.3, 0.4) is 0 Å². The summed E-state index contributed by atoms with van der Waals surface area (Å²) in [5, 5.41) is 2.47. The Labute approximate surface area is 144 Å². The first kappa shape index (κ1) is 16.8. The Morgan fingerprint density at radius 1 is 1.00 bits per heavy atom. The molecule has 5 nitrogen and oxygen atoms in total. The number of benzene rings is 2. The molecule has 0 bridgehead atoms. The number of rotatable bonds is 4. The van der Waals surface area contributed by atoms with E-state index in [0.29, 0.717) is 11.1 Å². The summed E-state index contributed by atoms with van der Waals surface area (Å²) in [5.74, 6) is -1.81. The lowest BCUT2D eigenvalue weighted by Gasteiger charge is -2.14. The highest BCUT2D eigenvalue weighted by molar-refractivity contribution is 6.21. The van der Waals surface area contributed by atoms with Crippen molar-refractivity contribution in [1.82, 2.24) is 4.90 Å². The molecule has 0 saturated carbocycles. The van der Waals surface area contributed by atoms with E-state index >= 15 is 0 Å². The second-order valence-corrected chi connectivity index (χ2v) is 6.09. The van der Waals surface area contributed by atoms with Gasteiger partial charge in [-0.2, -0.15) is 0 Å². The number of nitrogens with one attached hydrogen (secondary N) is 1. The monoisotopic (exact) mass is 340 g/mol. The molecule has 2 aromatic rings. The predicted molar refractivity (Wildman–Crippen MR) is 90.9 cm³/mol. The fraction of sp³-hybridized carbons (Fsp3) is 0.211. The number of hydrogen-bond acceptors (Lipinski definition) is 3. The summed E-state index contributed by atoms with van der Waals surface area (Å²) < 4.78 is 13.7. The maximum Gasteiger partial charge on any atom is 0.261 e. The molecule has 0 saturated heterocycles. The van der Waals surface area contributed by atoms with Gasteiger partial charge in [-0.25, -0.2) is 4.39 Å². The molecule has 0 spiro atoms. The first-order valence-corrected chi connectivity index (χ1v) is 7.89. The Kier molecular flexibility index (Phi) is 4.35. The number of fused-ring (bicyclic) bond motifs is 1. The molecule has 0 unspecified atom stereocenters. The number of anilines is 1. The van der Waals surface area contributed by atoms with Gasteiger partial charge in [0.2, 0.25) is 5.91 Å². The number of imide groups is 1. The summed E-state index contributed by atoms with van der Waals surface area (Å²) in [6.07, 6.45) is -0.0994. The van der Waals surface area contributed by atoms with Gasteiger partial charge in [0.05, 0.1) is 16.8 Å². The van der Waals surface area contributed by atoms with Crippen LogP contribution in [0.4, 0.5) is 10.1 Å². The molecule has 6 heteroatoms. The van der Waals surface area contributed by atoms with Crippen molar-refractivity contribution in [3.8, 4) is 0 Å². The largest absolute Gasteiger partial charge is 0.324 e. The van der Waals surface area contributed by atoms with Crippen molar-refractivity contribution >= 4 is 23.4 Å². The Bertz CT molecular complexity index is 892. The van der Waals surface area contributed by atoms with Gasteiger partial charge in [0.25, 0.3) is 11.8 Å². The van der Waals surface area contributed by atoms with Gasteiger partial charge in [0.15, 0.2) is 0 Å². The van der Waals surface area contributed by atoms with Gasteiger partial charge in [-0.05, 0) is 43.7 Å². The van der Waals surface area contributed by atoms with Crippen LogP contribution in [0, 0.1) is 19.7 Å². The fourth-order valence-electron chi connectivity index (χ4n) is 2.77. The molecular weight excluding hydrogens is 323 g/mol. The van der Waals surface area contributed by atoms with Gasteiger partial charge in [0.1, 0.15) is 5.82 Å². The maximum absolute atomic E-state index is 13.7. The zero-order valence-electron chi connectivity index (χ0n) is 13.9. The average molecular weight is 340 g/mol. The van der Waals surface area contributed by atoms with Gasteiger partial charge in [-0.1, -0.05) is 17.7 Å². The summed E-state index contributed by atoms with van der Waals surface area (Å²) in [6.45, 7) is 3.57. The lowest BCUT2D eigenvalue weighted by atomic mass is 10.1. The highest BCUT2D eigenvalue weighted by Crippen LogP contribution is 2.24. The molecule has 2 aromatic carbocycles. The van der Waals surface area contributed by atoms with E-state index in [1.807, 2.05) is 6.92 Å². The first-order valence-electron chi connectivity index (χ1n) is 7.89. The molecule has 25 heavy (non-hydrogen) atoms. The molecule has 3 amide bonds. The van der Waals surface area contributed by atoms with Gasteiger partial charge >= 0.3 is 0 Å². The molecule has 0 aliphatic carbocycles. The van der Waals surface area contributed by atoms with E-state index in [1.165, 1.54) is 12.1 Å². The molecule has 128 valence electrons. The van der Waals surface area contributed by atoms with Crippen LogP contribution in [0.15, 0.2) is 36.4 Å². The Balaban J connectivity index is 1.66. The SMILES string of the molecule is Cc1ccc(F)c(NC(=O)CCN2C(=O)c3ccc(C)cc3C2=O)c1. The number of aryl methyl sites for hydroxylation is 2.